The number of furan rings is 1. The Balaban J connectivity index is 1.12. The predicted molar refractivity (Wildman–Crippen MR) is 226 cm³/mol. The van der Waals surface area contributed by atoms with Gasteiger partial charge in [0.1, 0.15) is 11.2 Å². The van der Waals surface area contributed by atoms with E-state index >= 15 is 0 Å². The van der Waals surface area contributed by atoms with Crippen LogP contribution >= 0.6 is 0 Å². The lowest BCUT2D eigenvalue weighted by molar-refractivity contribution is 0.669. The quantitative estimate of drug-likeness (QED) is 0.172. The third kappa shape index (κ3) is 5.04. The lowest BCUT2D eigenvalue weighted by atomic mass is 9.67. The number of benzene rings is 8. The van der Waals surface area contributed by atoms with Crippen LogP contribution in [0.15, 0.2) is 205 Å². The first kappa shape index (κ1) is 32.0. The van der Waals surface area contributed by atoms with Gasteiger partial charge in [0, 0.05) is 27.5 Å². The van der Waals surface area contributed by atoms with Gasteiger partial charge in [0.25, 0.3) is 0 Å². The topological polar surface area (TPSA) is 51.8 Å². The third-order valence-corrected chi connectivity index (χ3v) is 11.2. The zero-order valence-electron chi connectivity index (χ0n) is 30.3. The Kier molecular flexibility index (Phi) is 7.36. The summed E-state index contributed by atoms with van der Waals surface area (Å²) in [7, 11) is 0. The summed E-state index contributed by atoms with van der Waals surface area (Å²) in [5.41, 5.74) is 13.4. The Morgan fingerprint density at radius 3 is 1.57 bits per heavy atom. The Bertz CT molecular complexity index is 3040. The van der Waals surface area contributed by atoms with E-state index in [1.54, 1.807) is 0 Å². The molecule has 0 fully saturated rings. The largest absolute Gasteiger partial charge is 0.456 e. The van der Waals surface area contributed by atoms with E-state index in [1.807, 2.05) is 30.3 Å². The number of fused-ring (bicyclic) bond motifs is 6. The number of para-hydroxylation sites is 1. The summed E-state index contributed by atoms with van der Waals surface area (Å²) in [6, 6.07) is 70.5. The predicted octanol–water partition coefficient (Wildman–Crippen LogP) is 12.8. The van der Waals surface area contributed by atoms with Crippen LogP contribution in [0.3, 0.4) is 0 Å². The molecule has 0 radical (unpaired) electrons. The lowest BCUT2D eigenvalue weighted by Crippen LogP contribution is -2.28. The van der Waals surface area contributed by atoms with E-state index in [2.05, 4.69) is 170 Å². The van der Waals surface area contributed by atoms with E-state index < -0.39 is 5.41 Å². The minimum Gasteiger partial charge on any atom is -0.456 e. The summed E-state index contributed by atoms with van der Waals surface area (Å²) in [6.45, 7) is 0. The fourth-order valence-electron chi connectivity index (χ4n) is 8.68. The van der Waals surface area contributed by atoms with Crippen molar-refractivity contribution in [3.63, 3.8) is 0 Å². The molecule has 4 heteroatoms. The van der Waals surface area contributed by atoms with Crippen LogP contribution in [-0.4, -0.2) is 15.0 Å². The monoisotopic (exact) mass is 715 g/mol. The second-order valence-corrected chi connectivity index (χ2v) is 14.4. The molecule has 1 aliphatic rings. The van der Waals surface area contributed by atoms with Gasteiger partial charge in [-0.15, -0.1) is 0 Å². The standard InChI is InChI=1S/C52H33N3O/c1-4-15-34(16-5-1)35-17-14-18-36(31-35)49-53-50(55-51(54-49)38-27-29-43-42-24-11-13-26-47(42)56-48(43)33-38)37-28-30-46-44(32-37)41-23-10-12-25-45(41)52(46,39-19-6-2-7-20-39)40-21-8-3-9-22-40/h1-33H. The molecule has 10 aromatic rings. The maximum Gasteiger partial charge on any atom is 0.164 e. The number of nitrogens with zero attached hydrogens (tertiary/aromatic N) is 3. The van der Waals surface area contributed by atoms with Crippen molar-refractivity contribution in [1.29, 1.82) is 0 Å². The van der Waals surface area contributed by atoms with Crippen molar-refractivity contribution in [1.82, 2.24) is 15.0 Å². The smallest absolute Gasteiger partial charge is 0.164 e. The van der Waals surface area contributed by atoms with Gasteiger partial charge in [-0.1, -0.05) is 170 Å². The van der Waals surface area contributed by atoms with E-state index in [0.717, 1.165) is 49.8 Å². The van der Waals surface area contributed by atoms with Crippen LogP contribution in [0.4, 0.5) is 0 Å². The van der Waals surface area contributed by atoms with Crippen LogP contribution in [0, 0.1) is 0 Å². The fraction of sp³-hybridized carbons (Fsp3) is 0.0192. The summed E-state index contributed by atoms with van der Waals surface area (Å²) in [4.78, 5) is 15.6. The van der Waals surface area contributed by atoms with Gasteiger partial charge in [0.2, 0.25) is 0 Å². The Morgan fingerprint density at radius 2 is 0.839 bits per heavy atom. The molecule has 0 saturated carbocycles. The Labute approximate surface area is 324 Å². The molecule has 0 bridgehead atoms. The summed E-state index contributed by atoms with van der Waals surface area (Å²) in [5, 5.41) is 2.15. The van der Waals surface area contributed by atoms with E-state index in [0.29, 0.717) is 17.5 Å². The molecule has 4 nitrogen and oxygen atoms in total. The SMILES string of the molecule is c1ccc(-c2cccc(-c3nc(-c4ccc5c(c4)-c4ccccc4C5(c4ccccc4)c4ccccc4)nc(-c4ccc5c(c4)oc4ccccc45)n3)c2)cc1. The minimum atomic E-state index is -0.484. The molecule has 0 unspecified atom stereocenters. The Morgan fingerprint density at radius 1 is 0.321 bits per heavy atom. The molecule has 0 N–H and O–H groups in total. The molecule has 0 aliphatic heterocycles. The van der Waals surface area contributed by atoms with Crippen LogP contribution in [-0.2, 0) is 5.41 Å². The molecule has 8 aromatic carbocycles. The van der Waals surface area contributed by atoms with Crippen molar-refractivity contribution in [2.45, 2.75) is 5.41 Å². The summed E-state index contributed by atoms with van der Waals surface area (Å²) >= 11 is 0. The maximum atomic E-state index is 6.31. The van der Waals surface area contributed by atoms with Crippen molar-refractivity contribution in [2.24, 2.45) is 0 Å². The second-order valence-electron chi connectivity index (χ2n) is 14.4. The number of rotatable bonds is 6. The van der Waals surface area contributed by atoms with Gasteiger partial charge in [-0.2, -0.15) is 0 Å². The molecular weight excluding hydrogens is 683 g/mol. The molecule has 0 atom stereocenters. The molecule has 11 rings (SSSR count). The first-order valence-electron chi connectivity index (χ1n) is 18.9. The normalized spacial score (nSPS) is 12.8. The van der Waals surface area contributed by atoms with E-state index in [1.165, 1.54) is 33.4 Å². The average Bonchev–Trinajstić information content (AvgIpc) is 3.80. The van der Waals surface area contributed by atoms with Gasteiger partial charge in [0.05, 0.1) is 5.41 Å². The highest BCUT2D eigenvalue weighted by Crippen LogP contribution is 2.56. The van der Waals surface area contributed by atoms with Crippen LogP contribution < -0.4 is 0 Å². The zero-order chi connectivity index (χ0) is 37.1. The summed E-state index contributed by atoms with van der Waals surface area (Å²) in [5.74, 6) is 1.80. The molecule has 0 amide bonds. The second kappa shape index (κ2) is 12.9. The van der Waals surface area contributed by atoms with E-state index in [9.17, 15) is 0 Å². The molecule has 2 aromatic heterocycles. The fourth-order valence-corrected chi connectivity index (χ4v) is 8.68. The van der Waals surface area contributed by atoms with Gasteiger partial charge >= 0.3 is 0 Å². The number of aromatic nitrogens is 3. The van der Waals surface area contributed by atoms with Crippen LogP contribution in [0.25, 0.3) is 78.4 Å². The van der Waals surface area contributed by atoms with Gasteiger partial charge in [-0.3, -0.25) is 0 Å². The van der Waals surface area contributed by atoms with Crippen molar-refractivity contribution >= 4 is 21.9 Å². The van der Waals surface area contributed by atoms with Crippen molar-refractivity contribution in [3.8, 4) is 56.4 Å². The first-order chi connectivity index (χ1) is 27.7. The molecular formula is C52H33N3O. The van der Waals surface area contributed by atoms with Gasteiger partial charge in [0.15, 0.2) is 17.5 Å². The summed E-state index contributed by atoms with van der Waals surface area (Å²) < 4.78 is 6.31. The van der Waals surface area contributed by atoms with Gasteiger partial charge in [-0.25, -0.2) is 15.0 Å². The molecule has 262 valence electrons. The Hall–Kier alpha value is -7.43. The van der Waals surface area contributed by atoms with Crippen LogP contribution in [0.1, 0.15) is 22.3 Å². The molecule has 0 spiro atoms. The van der Waals surface area contributed by atoms with Crippen molar-refractivity contribution in [2.75, 3.05) is 0 Å². The van der Waals surface area contributed by atoms with Crippen molar-refractivity contribution < 1.29 is 4.42 Å². The molecule has 56 heavy (non-hydrogen) atoms. The van der Waals surface area contributed by atoms with Gasteiger partial charge < -0.3 is 4.42 Å². The first-order valence-corrected chi connectivity index (χ1v) is 18.9. The zero-order valence-corrected chi connectivity index (χ0v) is 30.3. The molecule has 1 aliphatic carbocycles. The van der Waals surface area contributed by atoms with E-state index in [-0.39, 0.29) is 0 Å². The molecule has 0 saturated heterocycles. The third-order valence-electron chi connectivity index (χ3n) is 11.2. The minimum absolute atomic E-state index is 0.484. The lowest BCUT2D eigenvalue weighted by Gasteiger charge is -2.33. The number of hydrogen-bond acceptors (Lipinski definition) is 4. The number of hydrogen-bond donors (Lipinski definition) is 0. The highest BCUT2D eigenvalue weighted by molar-refractivity contribution is 6.05. The van der Waals surface area contributed by atoms with E-state index in [4.69, 9.17) is 19.4 Å². The van der Waals surface area contributed by atoms with Crippen molar-refractivity contribution in [3.05, 3.63) is 222 Å². The highest BCUT2D eigenvalue weighted by Gasteiger charge is 2.46. The maximum absolute atomic E-state index is 6.31. The summed E-state index contributed by atoms with van der Waals surface area (Å²) in [6.07, 6.45) is 0. The van der Waals surface area contributed by atoms with Crippen LogP contribution in [0.5, 0.6) is 0 Å². The van der Waals surface area contributed by atoms with Gasteiger partial charge in [-0.05, 0) is 74.8 Å². The average molecular weight is 716 g/mol. The molecule has 2 heterocycles. The highest BCUT2D eigenvalue weighted by atomic mass is 16.3. The van der Waals surface area contributed by atoms with Crippen LogP contribution in [0.2, 0.25) is 0 Å².